The topological polar surface area (TPSA) is 63.2 Å². The number of ether oxygens (including phenoxy) is 5. The number of carbonyl (C=O) groups excluding carboxylic acids is 1. The largest absolute Gasteiger partial charge is 0.501 e. The molecule has 1 saturated heterocycles. The van der Waals surface area contributed by atoms with Crippen LogP contribution in [0.1, 0.15) is 32.8 Å². The van der Waals surface area contributed by atoms with Gasteiger partial charge in [0.25, 0.3) is 5.78 Å². The number of carbonyl (C=O) groups is 1. The lowest BCUT2D eigenvalue weighted by Gasteiger charge is -2.35. The Bertz CT molecular complexity index is 906. The zero-order valence-electron chi connectivity index (χ0n) is 18.1. The molecule has 1 aliphatic heterocycles. The zero-order valence-corrected chi connectivity index (χ0v) is 18.1. The van der Waals surface area contributed by atoms with E-state index in [4.69, 9.17) is 23.7 Å². The number of Topliss-reactive ketones (excluding diaryl/α,β-unsaturated/α-hetero) is 1. The van der Waals surface area contributed by atoms with Crippen LogP contribution in [0.15, 0.2) is 65.3 Å². The van der Waals surface area contributed by atoms with Gasteiger partial charge in [-0.15, -0.1) is 0 Å². The fraction of sp³-hybridized carbons (Fsp3) is 0.375. The summed E-state index contributed by atoms with van der Waals surface area (Å²) >= 11 is 0. The molecule has 30 heavy (non-hydrogen) atoms. The Morgan fingerprint density at radius 2 is 1.73 bits per heavy atom. The third kappa shape index (κ3) is 4.94. The van der Waals surface area contributed by atoms with E-state index in [2.05, 4.69) is 6.92 Å². The van der Waals surface area contributed by atoms with Crippen LogP contribution in [-0.4, -0.2) is 32.6 Å². The van der Waals surface area contributed by atoms with E-state index in [0.717, 1.165) is 29.1 Å². The van der Waals surface area contributed by atoms with Crippen molar-refractivity contribution in [2.45, 2.75) is 33.2 Å². The first kappa shape index (κ1) is 21.7. The molecule has 0 aromatic heterocycles. The molecule has 6 nitrogen and oxygen atoms in total. The van der Waals surface area contributed by atoms with Gasteiger partial charge in [-0.1, -0.05) is 25.1 Å². The molecule has 6 heteroatoms. The lowest BCUT2D eigenvalue weighted by molar-refractivity contribution is -0.344. The zero-order chi connectivity index (χ0) is 21.7. The lowest BCUT2D eigenvalue weighted by atomic mass is 9.93. The second-order valence-corrected chi connectivity index (χ2v) is 7.24. The van der Waals surface area contributed by atoms with Gasteiger partial charge in [0.15, 0.2) is 11.5 Å². The summed E-state index contributed by atoms with van der Waals surface area (Å²) in [6.45, 7) is 5.94. The van der Waals surface area contributed by atoms with Crippen molar-refractivity contribution in [3.8, 4) is 5.75 Å². The molecule has 0 spiro atoms. The molecule has 1 fully saturated rings. The minimum Gasteiger partial charge on any atom is -0.501 e. The van der Waals surface area contributed by atoms with E-state index < -0.39 is 5.97 Å². The molecule has 1 aromatic carbocycles. The summed E-state index contributed by atoms with van der Waals surface area (Å²) in [4.78, 5) is 13.1. The van der Waals surface area contributed by atoms with Gasteiger partial charge >= 0.3 is 5.97 Å². The number of allylic oxidation sites excluding steroid dienone is 5. The van der Waals surface area contributed by atoms with Crippen molar-refractivity contribution in [2.24, 2.45) is 5.92 Å². The second kappa shape index (κ2) is 9.22. The van der Waals surface area contributed by atoms with E-state index in [1.165, 1.54) is 0 Å². The average molecular weight is 412 g/mol. The number of hydrogen-bond donors (Lipinski definition) is 0. The third-order valence-corrected chi connectivity index (χ3v) is 4.90. The first-order valence-electron chi connectivity index (χ1n) is 9.96. The standard InChI is InChI=1S/C24H28O6/c1-6-28-24(3)29-21(14-17-7-10-19(26-4)11-8-17)23(25)22(30-24)15-18-9-12-20(27-5)16(2)13-18/h7-12,14-16H,6,13H2,1-5H3. The van der Waals surface area contributed by atoms with Gasteiger partial charge in [0.2, 0.25) is 0 Å². The van der Waals surface area contributed by atoms with E-state index in [0.29, 0.717) is 6.61 Å². The summed E-state index contributed by atoms with van der Waals surface area (Å²) in [5.74, 6) is 0.484. The van der Waals surface area contributed by atoms with Crippen LogP contribution in [0.25, 0.3) is 6.08 Å². The summed E-state index contributed by atoms with van der Waals surface area (Å²) in [7, 11) is 3.27. The predicted octanol–water partition coefficient (Wildman–Crippen LogP) is 4.74. The van der Waals surface area contributed by atoms with Gasteiger partial charge in [0, 0.05) is 12.8 Å². The van der Waals surface area contributed by atoms with Crippen LogP contribution >= 0.6 is 0 Å². The van der Waals surface area contributed by atoms with Gasteiger partial charge in [-0.05, 0) is 54.8 Å². The molecule has 2 aliphatic rings. The highest BCUT2D eigenvalue weighted by molar-refractivity contribution is 6.09. The molecule has 1 aromatic rings. The maximum atomic E-state index is 13.1. The van der Waals surface area contributed by atoms with Gasteiger partial charge < -0.3 is 23.7 Å². The lowest BCUT2D eigenvalue weighted by Crippen LogP contribution is -2.42. The number of rotatable bonds is 6. The van der Waals surface area contributed by atoms with Crippen molar-refractivity contribution in [1.29, 1.82) is 0 Å². The van der Waals surface area contributed by atoms with E-state index in [9.17, 15) is 4.79 Å². The fourth-order valence-corrected chi connectivity index (χ4v) is 3.42. The highest BCUT2D eigenvalue weighted by Crippen LogP contribution is 2.34. The minimum absolute atomic E-state index is 0.159. The third-order valence-electron chi connectivity index (χ3n) is 4.90. The van der Waals surface area contributed by atoms with Crippen molar-refractivity contribution in [3.05, 3.63) is 70.9 Å². The normalized spacial score (nSPS) is 26.6. The quantitative estimate of drug-likeness (QED) is 0.629. The van der Waals surface area contributed by atoms with Gasteiger partial charge in [-0.3, -0.25) is 4.79 Å². The molecule has 2 atom stereocenters. The molecule has 0 amide bonds. The summed E-state index contributed by atoms with van der Waals surface area (Å²) < 4.78 is 27.8. The Morgan fingerprint density at radius 1 is 1.07 bits per heavy atom. The van der Waals surface area contributed by atoms with Crippen LogP contribution in [0.3, 0.4) is 0 Å². The summed E-state index contributed by atoms with van der Waals surface area (Å²) in [6, 6.07) is 7.34. The maximum Gasteiger partial charge on any atom is 0.368 e. The smallest absolute Gasteiger partial charge is 0.368 e. The van der Waals surface area contributed by atoms with E-state index in [-0.39, 0.29) is 23.2 Å². The van der Waals surface area contributed by atoms with Crippen LogP contribution in [0, 0.1) is 5.92 Å². The van der Waals surface area contributed by atoms with Crippen molar-refractivity contribution >= 4 is 11.9 Å². The Labute approximate surface area is 177 Å². The second-order valence-electron chi connectivity index (χ2n) is 7.24. The predicted molar refractivity (Wildman–Crippen MR) is 113 cm³/mol. The fourth-order valence-electron chi connectivity index (χ4n) is 3.42. The molecular weight excluding hydrogens is 384 g/mol. The molecule has 0 N–H and O–H groups in total. The van der Waals surface area contributed by atoms with Crippen LogP contribution in [-0.2, 0) is 23.7 Å². The van der Waals surface area contributed by atoms with E-state index in [1.54, 1.807) is 33.3 Å². The van der Waals surface area contributed by atoms with E-state index in [1.807, 2.05) is 43.3 Å². The van der Waals surface area contributed by atoms with Crippen LogP contribution in [0.5, 0.6) is 5.75 Å². The first-order chi connectivity index (χ1) is 14.4. The molecule has 160 valence electrons. The van der Waals surface area contributed by atoms with Crippen molar-refractivity contribution in [2.75, 3.05) is 20.8 Å². The molecule has 0 saturated carbocycles. The Hall–Kier alpha value is -2.99. The maximum absolute atomic E-state index is 13.1. The molecule has 3 rings (SSSR count). The van der Waals surface area contributed by atoms with Crippen molar-refractivity contribution in [3.63, 3.8) is 0 Å². The first-order valence-corrected chi connectivity index (χ1v) is 9.96. The molecular formula is C24H28O6. The van der Waals surface area contributed by atoms with Crippen LogP contribution in [0.2, 0.25) is 0 Å². The SMILES string of the molecule is CCOC1(C)OC(=CC2=CC=C(OC)C(C)C2)C(=O)C(=Cc2ccc(OC)cc2)O1. The Balaban J connectivity index is 1.94. The Morgan fingerprint density at radius 3 is 2.30 bits per heavy atom. The molecule has 1 heterocycles. The van der Waals surface area contributed by atoms with Crippen molar-refractivity contribution in [1.82, 2.24) is 0 Å². The number of methoxy groups -OCH3 is 2. The number of hydrogen-bond acceptors (Lipinski definition) is 6. The number of ketones is 1. The van der Waals surface area contributed by atoms with Gasteiger partial charge in [-0.2, -0.15) is 0 Å². The summed E-state index contributed by atoms with van der Waals surface area (Å²) in [5.41, 5.74) is 1.77. The van der Waals surface area contributed by atoms with Gasteiger partial charge in [-0.25, -0.2) is 0 Å². The summed E-state index contributed by atoms with van der Waals surface area (Å²) in [6.07, 6.45) is 8.02. The highest BCUT2D eigenvalue weighted by atomic mass is 16.9. The average Bonchev–Trinajstić information content (AvgIpc) is 2.72. The molecule has 1 aliphatic carbocycles. The van der Waals surface area contributed by atoms with Gasteiger partial charge in [0.1, 0.15) is 5.75 Å². The summed E-state index contributed by atoms with van der Waals surface area (Å²) in [5, 5.41) is 0. The minimum atomic E-state index is -1.39. The van der Waals surface area contributed by atoms with Crippen LogP contribution < -0.4 is 4.74 Å². The molecule has 0 bridgehead atoms. The van der Waals surface area contributed by atoms with Crippen molar-refractivity contribution < 1.29 is 28.5 Å². The van der Waals surface area contributed by atoms with Crippen LogP contribution in [0.4, 0.5) is 0 Å². The Kier molecular flexibility index (Phi) is 6.67. The molecule has 2 unspecified atom stereocenters. The highest BCUT2D eigenvalue weighted by Gasteiger charge is 2.41. The monoisotopic (exact) mass is 412 g/mol. The van der Waals surface area contributed by atoms with Gasteiger partial charge in [0.05, 0.1) is 26.6 Å². The number of benzene rings is 1. The molecule has 0 radical (unpaired) electrons. The van der Waals surface area contributed by atoms with E-state index >= 15 is 0 Å².